The standard InChI is InChI=1S/C7H12O2/c1-5-3-7(8)4-9-6(5)2/h7-8H,3-4H2,1-2H3/t7-/m1/s1. The summed E-state index contributed by atoms with van der Waals surface area (Å²) in [6.07, 6.45) is 0.486. The Morgan fingerprint density at radius 1 is 1.56 bits per heavy atom. The predicted octanol–water partition coefficient (Wildman–Crippen LogP) is 1.06. The van der Waals surface area contributed by atoms with Crippen LogP contribution in [0, 0.1) is 0 Å². The van der Waals surface area contributed by atoms with Gasteiger partial charge in [-0.3, -0.25) is 0 Å². The number of hydrogen-bond acceptors (Lipinski definition) is 2. The normalized spacial score (nSPS) is 28.1. The van der Waals surface area contributed by atoms with Gasteiger partial charge in [0.1, 0.15) is 6.61 Å². The van der Waals surface area contributed by atoms with Gasteiger partial charge >= 0.3 is 0 Å². The zero-order valence-corrected chi connectivity index (χ0v) is 5.85. The van der Waals surface area contributed by atoms with Gasteiger partial charge < -0.3 is 9.84 Å². The molecule has 1 aliphatic heterocycles. The highest BCUT2D eigenvalue weighted by Gasteiger charge is 2.13. The van der Waals surface area contributed by atoms with Crippen molar-refractivity contribution in [2.45, 2.75) is 26.4 Å². The van der Waals surface area contributed by atoms with Crippen LogP contribution in [0.1, 0.15) is 20.3 Å². The number of aliphatic hydroxyl groups is 1. The Morgan fingerprint density at radius 2 is 2.22 bits per heavy atom. The quantitative estimate of drug-likeness (QED) is 0.528. The van der Waals surface area contributed by atoms with Crippen molar-refractivity contribution in [1.29, 1.82) is 0 Å². The van der Waals surface area contributed by atoms with E-state index in [9.17, 15) is 0 Å². The fourth-order valence-electron chi connectivity index (χ4n) is 0.900. The maximum absolute atomic E-state index is 9.04. The van der Waals surface area contributed by atoms with E-state index in [1.807, 2.05) is 13.8 Å². The zero-order chi connectivity index (χ0) is 6.85. The molecule has 0 unspecified atom stereocenters. The monoisotopic (exact) mass is 128 g/mol. The molecule has 0 saturated carbocycles. The molecule has 1 atom stereocenters. The van der Waals surface area contributed by atoms with Gasteiger partial charge in [-0.1, -0.05) is 0 Å². The van der Waals surface area contributed by atoms with Crippen molar-refractivity contribution < 1.29 is 9.84 Å². The lowest BCUT2D eigenvalue weighted by molar-refractivity contribution is 0.0538. The predicted molar refractivity (Wildman–Crippen MR) is 34.9 cm³/mol. The van der Waals surface area contributed by atoms with Crippen molar-refractivity contribution in [3.8, 4) is 0 Å². The minimum atomic E-state index is -0.284. The van der Waals surface area contributed by atoms with Gasteiger partial charge in [0.05, 0.1) is 11.9 Å². The zero-order valence-electron chi connectivity index (χ0n) is 5.85. The second-order valence-electron chi connectivity index (χ2n) is 2.51. The third-order valence-electron chi connectivity index (χ3n) is 1.64. The SMILES string of the molecule is CC1=C(C)OC[C@H](O)C1. The summed E-state index contributed by atoms with van der Waals surface area (Å²) in [4.78, 5) is 0. The molecule has 0 saturated heterocycles. The fraction of sp³-hybridized carbons (Fsp3) is 0.714. The topological polar surface area (TPSA) is 29.5 Å². The second-order valence-corrected chi connectivity index (χ2v) is 2.51. The number of allylic oxidation sites excluding steroid dienone is 1. The van der Waals surface area contributed by atoms with Crippen LogP contribution in [0.25, 0.3) is 0 Å². The minimum absolute atomic E-state index is 0.284. The van der Waals surface area contributed by atoms with E-state index in [1.165, 1.54) is 0 Å². The van der Waals surface area contributed by atoms with Crippen LogP contribution >= 0.6 is 0 Å². The average Bonchev–Trinajstić information content (AvgIpc) is 1.80. The first-order valence-electron chi connectivity index (χ1n) is 3.17. The molecule has 2 nitrogen and oxygen atoms in total. The molecule has 0 radical (unpaired) electrons. The smallest absolute Gasteiger partial charge is 0.114 e. The van der Waals surface area contributed by atoms with Crippen molar-refractivity contribution in [1.82, 2.24) is 0 Å². The Bertz CT molecular complexity index is 138. The second kappa shape index (κ2) is 2.40. The Balaban J connectivity index is 2.61. The van der Waals surface area contributed by atoms with Gasteiger partial charge in [-0.25, -0.2) is 0 Å². The summed E-state index contributed by atoms with van der Waals surface area (Å²) in [6.45, 7) is 4.38. The van der Waals surface area contributed by atoms with Crippen molar-refractivity contribution in [3.05, 3.63) is 11.3 Å². The van der Waals surface area contributed by atoms with Crippen molar-refractivity contribution in [2.75, 3.05) is 6.61 Å². The largest absolute Gasteiger partial charge is 0.496 e. The molecule has 1 N–H and O–H groups in total. The van der Waals surface area contributed by atoms with Gasteiger partial charge in [-0.05, 0) is 19.4 Å². The van der Waals surface area contributed by atoms with Crippen LogP contribution < -0.4 is 0 Å². The van der Waals surface area contributed by atoms with Gasteiger partial charge in [0.2, 0.25) is 0 Å². The van der Waals surface area contributed by atoms with Gasteiger partial charge in [0.15, 0.2) is 0 Å². The molecule has 0 fully saturated rings. The molecule has 0 spiro atoms. The van der Waals surface area contributed by atoms with E-state index in [2.05, 4.69) is 0 Å². The molecule has 9 heavy (non-hydrogen) atoms. The number of aliphatic hydroxyl groups excluding tert-OH is 1. The van der Waals surface area contributed by atoms with E-state index in [0.717, 1.165) is 17.8 Å². The van der Waals surface area contributed by atoms with Crippen LogP contribution in [0.15, 0.2) is 11.3 Å². The Morgan fingerprint density at radius 3 is 2.67 bits per heavy atom. The average molecular weight is 128 g/mol. The molecule has 0 aromatic carbocycles. The summed E-state index contributed by atoms with van der Waals surface area (Å²) in [6, 6.07) is 0. The summed E-state index contributed by atoms with van der Waals surface area (Å²) < 4.78 is 5.13. The Kier molecular flexibility index (Phi) is 1.76. The van der Waals surface area contributed by atoms with Crippen molar-refractivity contribution in [3.63, 3.8) is 0 Å². The third-order valence-corrected chi connectivity index (χ3v) is 1.64. The molecule has 2 heteroatoms. The van der Waals surface area contributed by atoms with Crippen LogP contribution in [0.2, 0.25) is 0 Å². The fourth-order valence-corrected chi connectivity index (χ4v) is 0.900. The third kappa shape index (κ3) is 1.45. The van der Waals surface area contributed by atoms with Crippen LogP contribution in [0.3, 0.4) is 0 Å². The molecule has 1 heterocycles. The molecular formula is C7H12O2. The van der Waals surface area contributed by atoms with E-state index in [-0.39, 0.29) is 6.10 Å². The van der Waals surface area contributed by atoms with E-state index in [1.54, 1.807) is 0 Å². The molecule has 0 bridgehead atoms. The number of ether oxygens (including phenoxy) is 1. The highest BCUT2D eigenvalue weighted by Crippen LogP contribution is 2.17. The van der Waals surface area contributed by atoms with Gasteiger partial charge in [0.25, 0.3) is 0 Å². The van der Waals surface area contributed by atoms with E-state index < -0.39 is 0 Å². The molecule has 0 aromatic heterocycles. The first-order chi connectivity index (χ1) is 4.20. The van der Waals surface area contributed by atoms with Crippen molar-refractivity contribution in [2.24, 2.45) is 0 Å². The number of rotatable bonds is 0. The molecule has 1 aliphatic rings. The lowest BCUT2D eigenvalue weighted by Gasteiger charge is -2.20. The van der Waals surface area contributed by atoms with Crippen molar-refractivity contribution >= 4 is 0 Å². The van der Waals surface area contributed by atoms with Crippen LogP contribution in [0.5, 0.6) is 0 Å². The maximum atomic E-state index is 9.04. The number of hydrogen-bond donors (Lipinski definition) is 1. The minimum Gasteiger partial charge on any atom is -0.496 e. The maximum Gasteiger partial charge on any atom is 0.114 e. The summed E-state index contributed by atoms with van der Waals surface area (Å²) in [7, 11) is 0. The highest BCUT2D eigenvalue weighted by molar-refractivity contribution is 5.07. The van der Waals surface area contributed by atoms with Gasteiger partial charge in [-0.15, -0.1) is 0 Å². The van der Waals surface area contributed by atoms with Gasteiger partial charge in [0, 0.05) is 6.42 Å². The molecule has 0 aliphatic carbocycles. The van der Waals surface area contributed by atoms with Crippen LogP contribution in [-0.4, -0.2) is 17.8 Å². The first kappa shape index (κ1) is 6.62. The molecular weight excluding hydrogens is 116 g/mol. The molecule has 0 amide bonds. The van der Waals surface area contributed by atoms with E-state index in [4.69, 9.17) is 9.84 Å². The molecule has 52 valence electrons. The first-order valence-corrected chi connectivity index (χ1v) is 3.17. The lowest BCUT2D eigenvalue weighted by atomic mass is 10.1. The molecule has 0 aromatic rings. The van der Waals surface area contributed by atoms with Crippen LogP contribution in [0.4, 0.5) is 0 Å². The summed E-state index contributed by atoms with van der Waals surface area (Å²) in [5.41, 5.74) is 1.16. The summed E-state index contributed by atoms with van der Waals surface area (Å²) >= 11 is 0. The van der Waals surface area contributed by atoms with E-state index in [0.29, 0.717) is 6.61 Å². The highest BCUT2D eigenvalue weighted by atomic mass is 16.5. The Labute approximate surface area is 55.1 Å². The molecule has 1 rings (SSSR count). The summed E-state index contributed by atoms with van der Waals surface area (Å²) in [5.74, 6) is 0.972. The Hall–Kier alpha value is -0.500. The van der Waals surface area contributed by atoms with Gasteiger partial charge in [-0.2, -0.15) is 0 Å². The summed E-state index contributed by atoms with van der Waals surface area (Å²) in [5, 5.41) is 9.04. The lowest BCUT2D eigenvalue weighted by Crippen LogP contribution is -2.20. The van der Waals surface area contributed by atoms with Crippen LogP contribution in [-0.2, 0) is 4.74 Å². The van der Waals surface area contributed by atoms with E-state index >= 15 is 0 Å².